The van der Waals surface area contributed by atoms with Gasteiger partial charge < -0.3 is 14.7 Å². The maximum atomic E-state index is 12.3. The van der Waals surface area contributed by atoms with Gasteiger partial charge in [0, 0.05) is 32.7 Å². The van der Waals surface area contributed by atoms with Crippen molar-refractivity contribution >= 4 is 5.91 Å². The van der Waals surface area contributed by atoms with Crippen LogP contribution in [0.2, 0.25) is 0 Å². The molecule has 1 heterocycles. The minimum absolute atomic E-state index is 0.105. The Morgan fingerprint density at radius 3 is 2.40 bits per heavy atom. The standard InChI is InChI=1S/C15H28N2O3/c1-12(20-10-13-4-5-13)14(18)17-8-6-16(7-9-17)11-15(2,3)19/h12-13,19H,4-11H2,1-3H3/t12-/m1/s1. The monoisotopic (exact) mass is 284 g/mol. The van der Waals surface area contributed by atoms with E-state index < -0.39 is 5.60 Å². The van der Waals surface area contributed by atoms with Crippen LogP contribution in [0.1, 0.15) is 33.6 Å². The highest BCUT2D eigenvalue weighted by molar-refractivity contribution is 5.80. The van der Waals surface area contributed by atoms with Crippen molar-refractivity contribution in [1.82, 2.24) is 9.80 Å². The Balaban J connectivity index is 1.70. The second-order valence-electron chi connectivity index (χ2n) is 6.83. The largest absolute Gasteiger partial charge is 0.389 e. The summed E-state index contributed by atoms with van der Waals surface area (Å²) in [7, 11) is 0. The van der Waals surface area contributed by atoms with Gasteiger partial charge in [0.05, 0.1) is 12.2 Å². The van der Waals surface area contributed by atoms with Gasteiger partial charge in [0.2, 0.25) is 0 Å². The van der Waals surface area contributed by atoms with E-state index in [1.807, 2.05) is 25.7 Å². The van der Waals surface area contributed by atoms with Gasteiger partial charge in [0.15, 0.2) is 0 Å². The molecule has 1 amide bonds. The molecule has 1 aliphatic heterocycles. The number of nitrogens with zero attached hydrogens (tertiary/aromatic N) is 2. The molecule has 1 N–H and O–H groups in total. The van der Waals surface area contributed by atoms with Gasteiger partial charge in [-0.05, 0) is 39.5 Å². The number of hydrogen-bond acceptors (Lipinski definition) is 4. The molecule has 1 saturated carbocycles. The fourth-order valence-corrected chi connectivity index (χ4v) is 2.57. The third kappa shape index (κ3) is 5.04. The topological polar surface area (TPSA) is 53.0 Å². The first-order chi connectivity index (χ1) is 9.35. The predicted octanol–water partition coefficient (Wildman–Crippen LogP) is 0.717. The summed E-state index contributed by atoms with van der Waals surface area (Å²) in [4.78, 5) is 16.4. The molecule has 2 rings (SSSR count). The molecule has 1 atom stereocenters. The molecule has 0 radical (unpaired) electrons. The molecule has 1 aliphatic carbocycles. The van der Waals surface area contributed by atoms with E-state index in [0.717, 1.165) is 32.8 Å². The minimum Gasteiger partial charge on any atom is -0.389 e. The van der Waals surface area contributed by atoms with E-state index in [0.29, 0.717) is 12.5 Å². The molecule has 2 aliphatic rings. The van der Waals surface area contributed by atoms with Crippen LogP contribution >= 0.6 is 0 Å². The molecule has 2 fully saturated rings. The zero-order chi connectivity index (χ0) is 14.8. The number of hydrogen-bond donors (Lipinski definition) is 1. The lowest BCUT2D eigenvalue weighted by molar-refractivity contribution is -0.145. The van der Waals surface area contributed by atoms with Gasteiger partial charge in [-0.15, -0.1) is 0 Å². The zero-order valence-electron chi connectivity index (χ0n) is 13.0. The summed E-state index contributed by atoms with van der Waals surface area (Å²) in [6.07, 6.45) is 2.17. The summed E-state index contributed by atoms with van der Waals surface area (Å²) in [5.74, 6) is 0.794. The Labute approximate surface area is 121 Å². The number of aliphatic hydroxyl groups is 1. The van der Waals surface area contributed by atoms with Crippen LogP contribution in [0.5, 0.6) is 0 Å². The third-order valence-electron chi connectivity index (χ3n) is 3.92. The van der Waals surface area contributed by atoms with Gasteiger partial charge in [-0.1, -0.05) is 0 Å². The van der Waals surface area contributed by atoms with Crippen LogP contribution in [-0.4, -0.2) is 71.8 Å². The molecule has 5 nitrogen and oxygen atoms in total. The van der Waals surface area contributed by atoms with Crippen molar-refractivity contribution in [2.75, 3.05) is 39.3 Å². The van der Waals surface area contributed by atoms with Gasteiger partial charge in [0.25, 0.3) is 5.91 Å². The number of carbonyl (C=O) groups excluding carboxylic acids is 1. The second kappa shape index (κ2) is 6.41. The van der Waals surface area contributed by atoms with Crippen molar-refractivity contribution in [3.05, 3.63) is 0 Å². The lowest BCUT2D eigenvalue weighted by Crippen LogP contribution is -2.53. The van der Waals surface area contributed by atoms with Crippen LogP contribution in [0.15, 0.2) is 0 Å². The molecular weight excluding hydrogens is 256 g/mol. The maximum absolute atomic E-state index is 12.3. The highest BCUT2D eigenvalue weighted by Gasteiger charge is 2.29. The zero-order valence-corrected chi connectivity index (χ0v) is 13.0. The molecule has 0 bridgehead atoms. The fourth-order valence-electron chi connectivity index (χ4n) is 2.57. The van der Waals surface area contributed by atoms with Crippen LogP contribution < -0.4 is 0 Å². The second-order valence-corrected chi connectivity index (χ2v) is 6.83. The van der Waals surface area contributed by atoms with Crippen molar-refractivity contribution in [1.29, 1.82) is 0 Å². The lowest BCUT2D eigenvalue weighted by Gasteiger charge is -2.38. The molecule has 0 aromatic carbocycles. The number of piperazine rings is 1. The number of carbonyl (C=O) groups is 1. The van der Waals surface area contributed by atoms with Crippen LogP contribution in [0.3, 0.4) is 0 Å². The van der Waals surface area contributed by atoms with E-state index in [-0.39, 0.29) is 12.0 Å². The van der Waals surface area contributed by atoms with Crippen molar-refractivity contribution in [2.24, 2.45) is 5.92 Å². The average Bonchev–Trinajstić information content (AvgIpc) is 3.18. The number of rotatable bonds is 6. The van der Waals surface area contributed by atoms with E-state index >= 15 is 0 Å². The molecular formula is C15H28N2O3. The van der Waals surface area contributed by atoms with Gasteiger partial charge in [-0.2, -0.15) is 0 Å². The lowest BCUT2D eigenvalue weighted by atomic mass is 10.1. The predicted molar refractivity (Wildman–Crippen MR) is 77.5 cm³/mol. The van der Waals surface area contributed by atoms with Crippen molar-refractivity contribution in [3.63, 3.8) is 0 Å². The van der Waals surface area contributed by atoms with Gasteiger partial charge in [-0.25, -0.2) is 0 Å². The molecule has 116 valence electrons. The van der Waals surface area contributed by atoms with Crippen molar-refractivity contribution in [3.8, 4) is 0 Å². The molecule has 0 aromatic heterocycles. The SMILES string of the molecule is C[C@@H](OCC1CC1)C(=O)N1CCN(CC(C)(C)O)CC1. The van der Waals surface area contributed by atoms with Gasteiger partial charge in [-0.3, -0.25) is 9.69 Å². The summed E-state index contributed by atoms with van der Waals surface area (Å²) < 4.78 is 5.64. The van der Waals surface area contributed by atoms with E-state index in [9.17, 15) is 9.90 Å². The highest BCUT2D eigenvalue weighted by atomic mass is 16.5. The number of β-amino-alcohol motifs (C(OH)–C–C–N with tert-alkyl or cyclic N) is 1. The first kappa shape index (κ1) is 15.7. The number of amides is 1. The summed E-state index contributed by atoms with van der Waals surface area (Å²) in [6.45, 7) is 9.98. The molecule has 5 heteroatoms. The van der Waals surface area contributed by atoms with Crippen molar-refractivity contribution in [2.45, 2.75) is 45.3 Å². The minimum atomic E-state index is -0.674. The first-order valence-electron chi connectivity index (χ1n) is 7.70. The van der Waals surface area contributed by atoms with E-state index in [4.69, 9.17) is 4.74 Å². The van der Waals surface area contributed by atoms with Crippen LogP contribution in [0.25, 0.3) is 0 Å². The highest BCUT2D eigenvalue weighted by Crippen LogP contribution is 2.29. The van der Waals surface area contributed by atoms with E-state index in [2.05, 4.69) is 4.90 Å². The summed E-state index contributed by atoms with van der Waals surface area (Å²) in [6, 6.07) is 0. The smallest absolute Gasteiger partial charge is 0.251 e. The van der Waals surface area contributed by atoms with Crippen LogP contribution in [-0.2, 0) is 9.53 Å². The van der Waals surface area contributed by atoms with E-state index in [1.165, 1.54) is 12.8 Å². The quantitative estimate of drug-likeness (QED) is 0.781. The Bertz CT molecular complexity index is 329. The van der Waals surface area contributed by atoms with Gasteiger partial charge in [0.1, 0.15) is 6.10 Å². The summed E-state index contributed by atoms with van der Waals surface area (Å²) >= 11 is 0. The first-order valence-corrected chi connectivity index (χ1v) is 7.70. The fraction of sp³-hybridized carbons (Fsp3) is 0.933. The Hall–Kier alpha value is -0.650. The summed E-state index contributed by atoms with van der Waals surface area (Å²) in [5, 5.41) is 9.82. The van der Waals surface area contributed by atoms with Gasteiger partial charge >= 0.3 is 0 Å². The number of ether oxygens (including phenoxy) is 1. The molecule has 1 saturated heterocycles. The molecule has 0 unspecified atom stereocenters. The normalized spacial score (nSPS) is 22.9. The molecule has 0 aromatic rings. The van der Waals surface area contributed by atoms with Crippen molar-refractivity contribution < 1.29 is 14.6 Å². The Morgan fingerprint density at radius 1 is 1.30 bits per heavy atom. The van der Waals surface area contributed by atoms with E-state index in [1.54, 1.807) is 0 Å². The Morgan fingerprint density at radius 2 is 1.90 bits per heavy atom. The summed E-state index contributed by atoms with van der Waals surface area (Å²) in [5.41, 5.74) is -0.674. The Kier molecular flexibility index (Phi) is 5.04. The van der Waals surface area contributed by atoms with Crippen LogP contribution in [0, 0.1) is 5.92 Å². The molecule has 20 heavy (non-hydrogen) atoms. The third-order valence-corrected chi connectivity index (χ3v) is 3.92. The molecule has 0 spiro atoms. The average molecular weight is 284 g/mol. The maximum Gasteiger partial charge on any atom is 0.251 e. The van der Waals surface area contributed by atoms with Crippen LogP contribution in [0.4, 0.5) is 0 Å².